The minimum atomic E-state index is -3.03. The molecule has 0 radical (unpaired) electrons. The Balaban J connectivity index is 1.86. The Bertz CT molecular complexity index is 530. The molecule has 1 N–H and O–H groups in total. The molecule has 0 saturated carbocycles. The van der Waals surface area contributed by atoms with Crippen molar-refractivity contribution in [2.45, 2.75) is 45.7 Å². The third kappa shape index (κ3) is 3.62. The zero-order valence-electron chi connectivity index (χ0n) is 12.4. The van der Waals surface area contributed by atoms with Crippen LogP contribution in [-0.4, -0.2) is 37.6 Å². The monoisotopic (exact) mass is 300 g/mol. The summed E-state index contributed by atoms with van der Waals surface area (Å²) in [4.78, 5) is 0. The predicted octanol–water partition coefficient (Wildman–Crippen LogP) is 2.05. The highest BCUT2D eigenvalue weighted by Crippen LogP contribution is 2.20. The molecule has 0 aromatic carbocycles. The van der Waals surface area contributed by atoms with Gasteiger partial charge in [0.1, 0.15) is 11.5 Å². The maximum absolute atomic E-state index is 11.8. The van der Waals surface area contributed by atoms with E-state index in [0.29, 0.717) is 19.1 Å². The number of furan rings is 1. The predicted molar refractivity (Wildman–Crippen MR) is 79.1 cm³/mol. The van der Waals surface area contributed by atoms with E-state index in [1.165, 1.54) is 0 Å². The molecule has 2 rings (SSSR count). The van der Waals surface area contributed by atoms with Crippen molar-refractivity contribution in [1.29, 1.82) is 0 Å². The molecule has 6 heteroatoms. The summed E-state index contributed by atoms with van der Waals surface area (Å²) in [6, 6.07) is 4.45. The van der Waals surface area contributed by atoms with E-state index in [9.17, 15) is 8.42 Å². The first-order valence-corrected chi connectivity index (χ1v) is 8.83. The summed E-state index contributed by atoms with van der Waals surface area (Å²) in [6.07, 6.45) is 1.70. The summed E-state index contributed by atoms with van der Waals surface area (Å²) in [5.74, 6) is 2.04. The second-order valence-corrected chi connectivity index (χ2v) is 7.67. The van der Waals surface area contributed by atoms with E-state index in [1.807, 2.05) is 19.1 Å². The molecule has 0 aliphatic carbocycles. The minimum absolute atomic E-state index is 0.156. The van der Waals surface area contributed by atoms with Gasteiger partial charge in [0.15, 0.2) is 0 Å². The molecule has 5 nitrogen and oxygen atoms in total. The molecule has 2 heterocycles. The van der Waals surface area contributed by atoms with Crippen LogP contribution in [0.1, 0.15) is 44.3 Å². The molecular weight excluding hydrogens is 276 g/mol. The zero-order chi connectivity index (χ0) is 14.8. The van der Waals surface area contributed by atoms with Crippen molar-refractivity contribution in [3.63, 3.8) is 0 Å². The van der Waals surface area contributed by atoms with Crippen LogP contribution in [0.25, 0.3) is 0 Å². The normalized spacial score (nSPS) is 20.1. The Hall–Kier alpha value is -0.850. The third-order valence-electron chi connectivity index (χ3n) is 3.89. The smallest absolute Gasteiger partial charge is 0.213 e. The lowest BCUT2D eigenvalue weighted by Crippen LogP contribution is -2.45. The number of piperidine rings is 1. The summed E-state index contributed by atoms with van der Waals surface area (Å²) in [7, 11) is -3.03. The maximum Gasteiger partial charge on any atom is 0.213 e. The summed E-state index contributed by atoms with van der Waals surface area (Å²) >= 11 is 0. The van der Waals surface area contributed by atoms with Crippen LogP contribution in [0.4, 0.5) is 0 Å². The van der Waals surface area contributed by atoms with E-state index in [0.717, 1.165) is 24.4 Å². The molecule has 1 aliphatic rings. The van der Waals surface area contributed by atoms with Crippen molar-refractivity contribution < 1.29 is 12.8 Å². The van der Waals surface area contributed by atoms with Gasteiger partial charge < -0.3 is 9.73 Å². The summed E-state index contributed by atoms with van der Waals surface area (Å²) in [6.45, 7) is 6.92. The van der Waals surface area contributed by atoms with Gasteiger partial charge in [-0.3, -0.25) is 0 Å². The van der Waals surface area contributed by atoms with Crippen LogP contribution in [0.3, 0.4) is 0 Å². The van der Waals surface area contributed by atoms with E-state index in [2.05, 4.69) is 12.2 Å². The number of hydrogen-bond acceptors (Lipinski definition) is 4. The van der Waals surface area contributed by atoms with Gasteiger partial charge >= 0.3 is 0 Å². The molecule has 20 heavy (non-hydrogen) atoms. The van der Waals surface area contributed by atoms with Crippen LogP contribution in [0.2, 0.25) is 0 Å². The summed E-state index contributed by atoms with van der Waals surface area (Å²) in [5.41, 5.74) is 0. The van der Waals surface area contributed by atoms with Crippen LogP contribution in [0.15, 0.2) is 16.5 Å². The van der Waals surface area contributed by atoms with Gasteiger partial charge in [0.25, 0.3) is 0 Å². The molecule has 1 aromatic rings. The fourth-order valence-corrected chi connectivity index (χ4v) is 3.74. The van der Waals surface area contributed by atoms with E-state index in [4.69, 9.17) is 4.42 Å². The highest BCUT2D eigenvalue weighted by atomic mass is 32.2. The highest BCUT2D eigenvalue weighted by Gasteiger charge is 2.27. The van der Waals surface area contributed by atoms with Gasteiger partial charge in [-0.05, 0) is 45.7 Å². The van der Waals surface area contributed by atoms with Crippen LogP contribution in [0.5, 0.6) is 0 Å². The molecule has 1 aromatic heterocycles. The van der Waals surface area contributed by atoms with Crippen molar-refractivity contribution in [3.05, 3.63) is 23.7 Å². The maximum atomic E-state index is 11.8. The quantitative estimate of drug-likeness (QED) is 0.904. The van der Waals surface area contributed by atoms with Crippen LogP contribution < -0.4 is 5.32 Å². The first kappa shape index (κ1) is 15.5. The van der Waals surface area contributed by atoms with Crippen molar-refractivity contribution in [2.75, 3.05) is 18.8 Å². The average Bonchev–Trinajstić information content (AvgIpc) is 2.86. The largest absolute Gasteiger partial charge is 0.465 e. The Morgan fingerprint density at radius 1 is 1.40 bits per heavy atom. The lowest BCUT2D eigenvalue weighted by molar-refractivity contribution is 0.268. The van der Waals surface area contributed by atoms with Gasteiger partial charge in [-0.25, -0.2) is 12.7 Å². The second-order valence-electron chi connectivity index (χ2n) is 5.41. The molecule has 1 unspecified atom stereocenters. The Kier molecular flexibility index (Phi) is 4.88. The molecule has 0 spiro atoms. The molecular formula is C14H24N2O3S. The SMILES string of the molecule is CCS(=O)(=O)N1CCC(NC(C)c2ccc(C)o2)CC1. The third-order valence-corrected chi connectivity index (χ3v) is 5.77. The molecule has 0 bridgehead atoms. The number of nitrogens with zero attached hydrogens (tertiary/aromatic N) is 1. The fourth-order valence-electron chi connectivity index (χ4n) is 2.61. The number of sulfonamides is 1. The van der Waals surface area contributed by atoms with E-state index >= 15 is 0 Å². The molecule has 1 saturated heterocycles. The van der Waals surface area contributed by atoms with Gasteiger partial charge in [-0.2, -0.15) is 0 Å². The van der Waals surface area contributed by atoms with Crippen LogP contribution in [0, 0.1) is 6.92 Å². The molecule has 1 atom stereocenters. The van der Waals surface area contributed by atoms with Gasteiger partial charge in [0.2, 0.25) is 10.0 Å². The molecule has 1 aliphatic heterocycles. The zero-order valence-corrected chi connectivity index (χ0v) is 13.2. The minimum Gasteiger partial charge on any atom is -0.465 e. The van der Waals surface area contributed by atoms with Crippen molar-refractivity contribution in [1.82, 2.24) is 9.62 Å². The summed E-state index contributed by atoms with van der Waals surface area (Å²) in [5, 5.41) is 3.52. The van der Waals surface area contributed by atoms with E-state index in [1.54, 1.807) is 11.2 Å². The lowest BCUT2D eigenvalue weighted by Gasteiger charge is -2.32. The van der Waals surface area contributed by atoms with Gasteiger partial charge in [0.05, 0.1) is 11.8 Å². The van der Waals surface area contributed by atoms with Gasteiger partial charge in [-0.1, -0.05) is 0 Å². The highest BCUT2D eigenvalue weighted by molar-refractivity contribution is 7.89. The van der Waals surface area contributed by atoms with Crippen molar-refractivity contribution >= 4 is 10.0 Å². The standard InChI is InChI=1S/C14H24N2O3S/c1-4-20(17,18)16-9-7-13(8-10-16)15-12(3)14-6-5-11(2)19-14/h5-6,12-13,15H,4,7-10H2,1-3H3. The first-order chi connectivity index (χ1) is 9.42. The first-order valence-electron chi connectivity index (χ1n) is 7.22. The molecule has 0 amide bonds. The van der Waals surface area contributed by atoms with Crippen LogP contribution >= 0.6 is 0 Å². The molecule has 114 valence electrons. The van der Waals surface area contributed by atoms with Crippen molar-refractivity contribution in [3.8, 4) is 0 Å². The number of hydrogen-bond donors (Lipinski definition) is 1. The summed E-state index contributed by atoms with van der Waals surface area (Å²) < 4.78 is 30.8. The van der Waals surface area contributed by atoms with Crippen LogP contribution in [-0.2, 0) is 10.0 Å². The molecule has 1 fully saturated rings. The Morgan fingerprint density at radius 3 is 2.55 bits per heavy atom. The fraction of sp³-hybridized carbons (Fsp3) is 0.714. The Morgan fingerprint density at radius 2 is 2.05 bits per heavy atom. The van der Waals surface area contributed by atoms with Gasteiger partial charge in [0, 0.05) is 19.1 Å². The second kappa shape index (κ2) is 6.28. The van der Waals surface area contributed by atoms with E-state index in [-0.39, 0.29) is 11.8 Å². The van der Waals surface area contributed by atoms with E-state index < -0.39 is 10.0 Å². The topological polar surface area (TPSA) is 62.6 Å². The number of nitrogens with one attached hydrogen (secondary N) is 1. The van der Waals surface area contributed by atoms with Crippen molar-refractivity contribution in [2.24, 2.45) is 0 Å². The number of aryl methyl sites for hydroxylation is 1. The van der Waals surface area contributed by atoms with Gasteiger partial charge in [-0.15, -0.1) is 0 Å². The Labute approximate surface area is 121 Å². The average molecular weight is 300 g/mol. The lowest BCUT2D eigenvalue weighted by atomic mass is 10.1. The number of rotatable bonds is 5.